The third-order valence-electron chi connectivity index (χ3n) is 4.57. The van der Waals surface area contributed by atoms with Crippen molar-refractivity contribution in [2.45, 2.75) is 0 Å². The topological polar surface area (TPSA) is 133 Å². The van der Waals surface area contributed by atoms with Gasteiger partial charge in [0, 0.05) is 22.9 Å². The van der Waals surface area contributed by atoms with Gasteiger partial charge in [-0.15, -0.1) is 0 Å². The first kappa shape index (κ1) is 23.4. The van der Waals surface area contributed by atoms with Gasteiger partial charge in [-0.05, 0) is 42.5 Å². The summed E-state index contributed by atoms with van der Waals surface area (Å²) in [6.07, 6.45) is 1.24. The molecule has 0 aliphatic carbocycles. The molecule has 9 nitrogen and oxygen atoms in total. The Bertz CT molecular complexity index is 1210. The fourth-order valence-corrected chi connectivity index (χ4v) is 2.93. The summed E-state index contributed by atoms with van der Waals surface area (Å²) in [5, 5.41) is 5.30. The molecular formula is C23H20N4O5S. The van der Waals surface area contributed by atoms with Gasteiger partial charge in [0.2, 0.25) is 0 Å². The van der Waals surface area contributed by atoms with E-state index in [4.69, 9.17) is 27.4 Å². The molecule has 3 rings (SSSR count). The van der Waals surface area contributed by atoms with Crippen LogP contribution < -0.4 is 21.1 Å². The van der Waals surface area contributed by atoms with Crippen molar-refractivity contribution in [1.29, 1.82) is 0 Å². The summed E-state index contributed by atoms with van der Waals surface area (Å²) < 4.78 is 9.80. The van der Waals surface area contributed by atoms with E-state index in [0.717, 1.165) is 0 Å². The zero-order valence-corrected chi connectivity index (χ0v) is 18.6. The van der Waals surface area contributed by atoms with Crippen LogP contribution in [0.1, 0.15) is 36.6 Å². The van der Waals surface area contributed by atoms with Crippen molar-refractivity contribution in [3.8, 4) is 5.75 Å². The second kappa shape index (κ2) is 10.3. The van der Waals surface area contributed by atoms with Crippen LogP contribution in [0.2, 0.25) is 0 Å². The molecule has 0 saturated heterocycles. The van der Waals surface area contributed by atoms with Gasteiger partial charge in [-0.3, -0.25) is 9.59 Å². The molecule has 0 spiro atoms. The number of amides is 2. The highest BCUT2D eigenvalue weighted by Gasteiger charge is 2.17. The van der Waals surface area contributed by atoms with E-state index in [1.54, 1.807) is 48.5 Å². The molecule has 3 aromatic rings. The molecule has 1 heterocycles. The summed E-state index contributed by atoms with van der Waals surface area (Å²) in [5.41, 5.74) is 7.07. The molecule has 0 bridgehead atoms. The number of hydrogen-bond acceptors (Lipinski definition) is 7. The number of thiocarbonyl (C=S) groups is 1. The van der Waals surface area contributed by atoms with Gasteiger partial charge in [-0.2, -0.15) is 0 Å². The van der Waals surface area contributed by atoms with Gasteiger partial charge in [-0.25, -0.2) is 9.78 Å². The van der Waals surface area contributed by atoms with Crippen LogP contribution in [0.15, 0.2) is 60.8 Å². The largest absolute Gasteiger partial charge is 0.497 e. The van der Waals surface area contributed by atoms with Crippen LogP contribution in [0, 0.1) is 0 Å². The van der Waals surface area contributed by atoms with Gasteiger partial charge in [0.05, 0.1) is 25.5 Å². The number of rotatable bonds is 7. The number of nitrogens with one attached hydrogen (secondary N) is 2. The van der Waals surface area contributed by atoms with Crippen molar-refractivity contribution in [1.82, 2.24) is 4.98 Å². The Morgan fingerprint density at radius 1 is 0.848 bits per heavy atom. The minimum absolute atomic E-state index is 0.0524. The fourth-order valence-electron chi connectivity index (χ4n) is 2.79. The lowest BCUT2D eigenvalue weighted by Crippen LogP contribution is -2.19. The lowest BCUT2D eigenvalue weighted by Gasteiger charge is -2.13. The Hall–Kier alpha value is -4.31. The van der Waals surface area contributed by atoms with Crippen molar-refractivity contribution in [2.24, 2.45) is 5.73 Å². The maximum Gasteiger partial charge on any atom is 0.339 e. The first-order valence-electron chi connectivity index (χ1n) is 9.57. The third kappa shape index (κ3) is 5.69. The van der Waals surface area contributed by atoms with Crippen LogP contribution in [0.25, 0.3) is 0 Å². The van der Waals surface area contributed by atoms with Gasteiger partial charge in [-0.1, -0.05) is 24.4 Å². The van der Waals surface area contributed by atoms with Crippen molar-refractivity contribution >= 4 is 46.5 Å². The van der Waals surface area contributed by atoms with E-state index in [2.05, 4.69) is 15.6 Å². The molecule has 0 radical (unpaired) electrons. The number of nitrogens with zero attached hydrogens (tertiary/aromatic N) is 1. The number of nitrogens with two attached hydrogens (primary N) is 1. The van der Waals surface area contributed by atoms with Crippen LogP contribution in [-0.4, -0.2) is 42.0 Å². The van der Waals surface area contributed by atoms with E-state index in [0.29, 0.717) is 22.4 Å². The molecule has 10 heteroatoms. The second-order valence-electron chi connectivity index (χ2n) is 6.69. The van der Waals surface area contributed by atoms with E-state index in [1.165, 1.54) is 26.5 Å². The van der Waals surface area contributed by atoms with E-state index >= 15 is 0 Å². The molecule has 0 aliphatic heterocycles. The van der Waals surface area contributed by atoms with Gasteiger partial charge < -0.3 is 25.8 Å². The number of esters is 1. The molecule has 0 aliphatic rings. The molecule has 33 heavy (non-hydrogen) atoms. The standard InChI is InChI=1S/C23H20N4O5S/c1-31-17-9-7-15(8-10-17)22(29)27-20-18(11-16(12-25-20)23(30)32-2)26-21(28)14-5-3-13(4-6-14)19(24)33/h3-12H,1-2H3,(H2,24,33)(H,26,28)(H,25,27,29). The first-order valence-corrected chi connectivity index (χ1v) is 9.98. The van der Waals surface area contributed by atoms with Gasteiger partial charge in [0.25, 0.3) is 11.8 Å². The lowest BCUT2D eigenvalue weighted by atomic mass is 10.1. The number of carbonyl (C=O) groups is 3. The molecule has 0 fully saturated rings. The highest BCUT2D eigenvalue weighted by molar-refractivity contribution is 7.80. The first-order chi connectivity index (χ1) is 15.8. The van der Waals surface area contributed by atoms with E-state index in [1.807, 2.05) is 0 Å². The molecule has 168 valence electrons. The SMILES string of the molecule is COC(=O)c1cnc(NC(=O)c2ccc(OC)cc2)c(NC(=O)c2ccc(C(N)=S)cc2)c1. The molecule has 2 aromatic carbocycles. The highest BCUT2D eigenvalue weighted by atomic mass is 32.1. The van der Waals surface area contributed by atoms with Crippen molar-refractivity contribution in [3.63, 3.8) is 0 Å². The van der Waals surface area contributed by atoms with Crippen LogP contribution >= 0.6 is 12.2 Å². The number of ether oxygens (including phenoxy) is 2. The van der Waals surface area contributed by atoms with E-state index < -0.39 is 17.8 Å². The number of anilines is 2. The number of benzene rings is 2. The second-order valence-corrected chi connectivity index (χ2v) is 7.13. The predicted octanol–water partition coefficient (Wildman–Crippen LogP) is 3.02. The van der Waals surface area contributed by atoms with Crippen molar-refractivity contribution < 1.29 is 23.9 Å². The minimum atomic E-state index is -0.646. The Morgan fingerprint density at radius 3 is 1.94 bits per heavy atom. The molecule has 0 unspecified atom stereocenters. The maximum atomic E-state index is 12.8. The minimum Gasteiger partial charge on any atom is -0.497 e. The molecule has 1 aromatic heterocycles. The van der Waals surface area contributed by atoms with Gasteiger partial charge in [0.15, 0.2) is 5.82 Å². The normalized spacial score (nSPS) is 10.1. The number of methoxy groups -OCH3 is 2. The van der Waals surface area contributed by atoms with Gasteiger partial charge in [0.1, 0.15) is 10.7 Å². The average molecular weight is 465 g/mol. The van der Waals surface area contributed by atoms with E-state index in [9.17, 15) is 14.4 Å². The average Bonchev–Trinajstić information content (AvgIpc) is 2.84. The number of hydrogen-bond donors (Lipinski definition) is 3. The number of aromatic nitrogens is 1. The molecular weight excluding hydrogens is 444 g/mol. The van der Waals surface area contributed by atoms with Gasteiger partial charge >= 0.3 is 5.97 Å². The summed E-state index contributed by atoms with van der Waals surface area (Å²) in [6, 6.07) is 14.2. The van der Waals surface area contributed by atoms with Crippen molar-refractivity contribution in [2.75, 3.05) is 24.9 Å². The lowest BCUT2D eigenvalue weighted by molar-refractivity contribution is 0.0600. The summed E-state index contributed by atoms with van der Waals surface area (Å²) in [4.78, 5) is 41.7. The Balaban J connectivity index is 1.88. The van der Waals surface area contributed by atoms with Crippen molar-refractivity contribution in [3.05, 3.63) is 83.0 Å². The zero-order valence-electron chi connectivity index (χ0n) is 17.7. The van der Waals surface area contributed by atoms with Crippen LogP contribution in [-0.2, 0) is 4.74 Å². The number of pyridine rings is 1. The molecule has 0 atom stereocenters. The summed E-state index contributed by atoms with van der Waals surface area (Å²) in [6.45, 7) is 0. The predicted molar refractivity (Wildman–Crippen MR) is 127 cm³/mol. The van der Waals surface area contributed by atoms with Crippen LogP contribution in [0.4, 0.5) is 11.5 Å². The molecule has 4 N–H and O–H groups in total. The Kier molecular flexibility index (Phi) is 7.31. The van der Waals surface area contributed by atoms with Crippen LogP contribution in [0.3, 0.4) is 0 Å². The van der Waals surface area contributed by atoms with E-state index in [-0.39, 0.29) is 22.1 Å². The monoisotopic (exact) mass is 464 g/mol. The Labute approximate surface area is 194 Å². The summed E-state index contributed by atoms with van der Waals surface area (Å²) >= 11 is 4.92. The number of carbonyl (C=O) groups excluding carboxylic acids is 3. The summed E-state index contributed by atoms with van der Waals surface area (Å²) in [5.74, 6) is -0.953. The highest BCUT2D eigenvalue weighted by Crippen LogP contribution is 2.23. The Morgan fingerprint density at radius 2 is 1.39 bits per heavy atom. The molecule has 0 saturated carbocycles. The smallest absolute Gasteiger partial charge is 0.339 e. The fraction of sp³-hybridized carbons (Fsp3) is 0.0870. The maximum absolute atomic E-state index is 12.8. The summed E-state index contributed by atoms with van der Waals surface area (Å²) in [7, 11) is 2.75. The van der Waals surface area contributed by atoms with Crippen LogP contribution in [0.5, 0.6) is 5.75 Å². The third-order valence-corrected chi connectivity index (χ3v) is 4.81. The zero-order chi connectivity index (χ0) is 24.0. The molecule has 2 amide bonds. The quantitative estimate of drug-likeness (QED) is 0.359.